The summed E-state index contributed by atoms with van der Waals surface area (Å²) in [4.78, 5) is 17.1. The van der Waals surface area contributed by atoms with Gasteiger partial charge < -0.3 is 0 Å². The van der Waals surface area contributed by atoms with E-state index in [0.717, 1.165) is 35.7 Å². The number of allylic oxidation sites excluding steroid dienone is 2. The Morgan fingerprint density at radius 2 is 1.80 bits per heavy atom. The average Bonchev–Trinajstić information content (AvgIpc) is 2.46. The van der Waals surface area contributed by atoms with E-state index in [1.807, 2.05) is 36.4 Å². The molecule has 0 unspecified atom stereocenters. The van der Waals surface area contributed by atoms with Gasteiger partial charge in [0.2, 0.25) is 5.78 Å². The second kappa shape index (κ2) is 6.00. The summed E-state index contributed by atoms with van der Waals surface area (Å²) in [6.45, 7) is 0. The zero-order chi connectivity index (χ0) is 13.8. The van der Waals surface area contributed by atoms with Gasteiger partial charge in [-0.3, -0.25) is 4.79 Å². The predicted octanol–water partition coefficient (Wildman–Crippen LogP) is 4.70. The second-order valence-corrected chi connectivity index (χ2v) is 5.40. The molecule has 0 amide bonds. The van der Waals surface area contributed by atoms with Gasteiger partial charge >= 0.3 is 0 Å². The van der Waals surface area contributed by atoms with Gasteiger partial charge in [0.25, 0.3) is 0 Å². The number of benzene rings is 1. The Hall–Kier alpha value is -1.96. The molecule has 0 saturated carbocycles. The molecule has 1 aliphatic rings. The number of rotatable bonds is 2. The standard InChI is InChI=1S/C18H19NO/c20-18(15-9-4-2-1-3-5-10-15)17-13-12-14-8-6-7-11-16(14)19-17/h6-9,11-13H,1-5,10H2/b15-9+. The molecule has 0 radical (unpaired) electrons. The average molecular weight is 265 g/mol. The molecule has 0 saturated heterocycles. The van der Waals surface area contributed by atoms with Crippen LogP contribution in [0.5, 0.6) is 0 Å². The van der Waals surface area contributed by atoms with Gasteiger partial charge in [-0.05, 0) is 43.4 Å². The zero-order valence-electron chi connectivity index (χ0n) is 11.6. The SMILES string of the molecule is O=C(/C1=C/CCCCCC1)c1ccc2ccccc2n1. The zero-order valence-corrected chi connectivity index (χ0v) is 11.6. The first kappa shape index (κ1) is 13.0. The Morgan fingerprint density at radius 1 is 0.950 bits per heavy atom. The number of carbonyl (C=O) groups excluding carboxylic acids is 1. The van der Waals surface area contributed by atoms with E-state index in [1.165, 1.54) is 19.3 Å². The van der Waals surface area contributed by atoms with E-state index in [2.05, 4.69) is 11.1 Å². The Bertz CT molecular complexity index is 657. The summed E-state index contributed by atoms with van der Waals surface area (Å²) >= 11 is 0. The summed E-state index contributed by atoms with van der Waals surface area (Å²) in [5.74, 6) is 0.109. The van der Waals surface area contributed by atoms with Crippen molar-refractivity contribution in [3.05, 3.63) is 53.7 Å². The van der Waals surface area contributed by atoms with Gasteiger partial charge in [-0.25, -0.2) is 4.98 Å². The molecule has 0 N–H and O–H groups in total. The first-order valence-corrected chi connectivity index (χ1v) is 7.44. The van der Waals surface area contributed by atoms with Crippen molar-refractivity contribution < 1.29 is 4.79 Å². The Morgan fingerprint density at radius 3 is 2.75 bits per heavy atom. The van der Waals surface area contributed by atoms with Gasteiger partial charge in [-0.2, -0.15) is 0 Å². The van der Waals surface area contributed by atoms with E-state index in [-0.39, 0.29) is 5.78 Å². The monoisotopic (exact) mass is 265 g/mol. The topological polar surface area (TPSA) is 30.0 Å². The van der Waals surface area contributed by atoms with Crippen LogP contribution in [0.25, 0.3) is 10.9 Å². The van der Waals surface area contributed by atoms with Crippen LogP contribution >= 0.6 is 0 Å². The van der Waals surface area contributed by atoms with Gasteiger partial charge in [0.1, 0.15) is 5.69 Å². The highest BCUT2D eigenvalue weighted by Gasteiger charge is 2.14. The van der Waals surface area contributed by atoms with Gasteiger partial charge in [0, 0.05) is 5.39 Å². The summed E-state index contributed by atoms with van der Waals surface area (Å²) < 4.78 is 0. The van der Waals surface area contributed by atoms with Crippen molar-refractivity contribution in [1.29, 1.82) is 0 Å². The van der Waals surface area contributed by atoms with E-state index in [4.69, 9.17) is 0 Å². The number of hydrogen-bond donors (Lipinski definition) is 0. The molecule has 0 fully saturated rings. The van der Waals surface area contributed by atoms with Crippen LogP contribution in [0.3, 0.4) is 0 Å². The highest BCUT2D eigenvalue weighted by atomic mass is 16.1. The fraction of sp³-hybridized carbons (Fsp3) is 0.333. The highest BCUT2D eigenvalue weighted by molar-refractivity contribution is 6.08. The number of fused-ring (bicyclic) bond motifs is 1. The number of nitrogens with zero attached hydrogens (tertiary/aromatic N) is 1. The van der Waals surface area contributed by atoms with Crippen LogP contribution in [-0.4, -0.2) is 10.8 Å². The molecule has 3 rings (SSSR count). The molecule has 2 heteroatoms. The summed E-state index contributed by atoms with van der Waals surface area (Å²) in [6.07, 6.45) is 8.87. The molecule has 1 aromatic heterocycles. The van der Waals surface area contributed by atoms with E-state index < -0.39 is 0 Å². The number of aromatic nitrogens is 1. The molecule has 0 aliphatic heterocycles. The molecule has 20 heavy (non-hydrogen) atoms. The Kier molecular flexibility index (Phi) is 3.91. The number of pyridine rings is 1. The first-order chi connectivity index (χ1) is 9.84. The number of Topliss-reactive ketones (excluding diaryl/α,β-unsaturated/α-hetero) is 1. The number of carbonyl (C=O) groups is 1. The molecule has 2 nitrogen and oxygen atoms in total. The van der Waals surface area contributed by atoms with Crippen LogP contribution in [0.1, 0.15) is 49.0 Å². The van der Waals surface area contributed by atoms with E-state index in [0.29, 0.717) is 5.69 Å². The predicted molar refractivity (Wildman–Crippen MR) is 81.9 cm³/mol. The molecule has 0 spiro atoms. The van der Waals surface area contributed by atoms with E-state index in [9.17, 15) is 4.79 Å². The molecular formula is C18H19NO. The van der Waals surface area contributed by atoms with Crippen molar-refractivity contribution in [2.45, 2.75) is 38.5 Å². The first-order valence-electron chi connectivity index (χ1n) is 7.44. The summed E-state index contributed by atoms with van der Waals surface area (Å²) in [5.41, 5.74) is 2.42. The minimum absolute atomic E-state index is 0.109. The lowest BCUT2D eigenvalue weighted by atomic mass is 9.95. The molecule has 0 atom stereocenters. The third-order valence-electron chi connectivity index (χ3n) is 3.91. The highest BCUT2D eigenvalue weighted by Crippen LogP contribution is 2.21. The maximum atomic E-state index is 12.6. The van der Waals surface area contributed by atoms with Crippen molar-refractivity contribution in [2.75, 3.05) is 0 Å². The fourth-order valence-corrected chi connectivity index (χ4v) is 2.75. The maximum absolute atomic E-state index is 12.6. The van der Waals surface area contributed by atoms with Crippen LogP contribution < -0.4 is 0 Å². The fourth-order valence-electron chi connectivity index (χ4n) is 2.75. The molecule has 102 valence electrons. The van der Waals surface area contributed by atoms with Crippen LogP contribution in [0.2, 0.25) is 0 Å². The van der Waals surface area contributed by atoms with Gasteiger partial charge in [-0.15, -0.1) is 0 Å². The molecule has 0 bridgehead atoms. The minimum Gasteiger partial charge on any atom is -0.287 e. The maximum Gasteiger partial charge on any atom is 0.207 e. The smallest absolute Gasteiger partial charge is 0.207 e. The minimum atomic E-state index is 0.109. The molecule has 1 aromatic carbocycles. The largest absolute Gasteiger partial charge is 0.287 e. The lowest BCUT2D eigenvalue weighted by Gasteiger charge is -2.10. The van der Waals surface area contributed by atoms with E-state index >= 15 is 0 Å². The van der Waals surface area contributed by atoms with Gasteiger partial charge in [0.15, 0.2) is 0 Å². The normalized spacial score (nSPS) is 18.9. The van der Waals surface area contributed by atoms with Crippen LogP contribution in [0.15, 0.2) is 48.0 Å². The second-order valence-electron chi connectivity index (χ2n) is 5.40. The van der Waals surface area contributed by atoms with Crippen molar-refractivity contribution >= 4 is 16.7 Å². The summed E-state index contributed by atoms with van der Waals surface area (Å²) in [6, 6.07) is 11.8. The number of ketones is 1. The third kappa shape index (κ3) is 2.79. The van der Waals surface area contributed by atoms with Crippen molar-refractivity contribution in [1.82, 2.24) is 4.98 Å². The van der Waals surface area contributed by atoms with Crippen molar-refractivity contribution in [3.63, 3.8) is 0 Å². The van der Waals surface area contributed by atoms with Gasteiger partial charge in [-0.1, -0.05) is 43.2 Å². The van der Waals surface area contributed by atoms with Crippen molar-refractivity contribution in [2.24, 2.45) is 0 Å². The number of para-hydroxylation sites is 1. The third-order valence-corrected chi connectivity index (χ3v) is 3.91. The lowest BCUT2D eigenvalue weighted by molar-refractivity contribution is 0.102. The van der Waals surface area contributed by atoms with E-state index in [1.54, 1.807) is 0 Å². The van der Waals surface area contributed by atoms with Crippen molar-refractivity contribution in [3.8, 4) is 0 Å². The summed E-state index contributed by atoms with van der Waals surface area (Å²) in [7, 11) is 0. The number of hydrogen-bond acceptors (Lipinski definition) is 2. The van der Waals surface area contributed by atoms with Crippen LogP contribution in [-0.2, 0) is 0 Å². The quantitative estimate of drug-likeness (QED) is 0.737. The molecular weight excluding hydrogens is 246 g/mol. The Balaban J connectivity index is 1.91. The van der Waals surface area contributed by atoms with Crippen LogP contribution in [0.4, 0.5) is 0 Å². The molecule has 2 aromatic rings. The Labute approximate surface area is 119 Å². The summed E-state index contributed by atoms with van der Waals surface area (Å²) in [5, 5.41) is 1.08. The lowest BCUT2D eigenvalue weighted by Crippen LogP contribution is -2.07. The molecule has 1 aliphatic carbocycles. The molecule has 1 heterocycles. The van der Waals surface area contributed by atoms with Crippen LogP contribution in [0, 0.1) is 0 Å². The van der Waals surface area contributed by atoms with Gasteiger partial charge in [0.05, 0.1) is 5.52 Å².